The van der Waals surface area contributed by atoms with Crippen molar-refractivity contribution in [3.63, 3.8) is 0 Å². The fourth-order valence-electron chi connectivity index (χ4n) is 6.05. The number of carbonyl (C=O) groups excluding carboxylic acids is 2. The lowest BCUT2D eigenvalue weighted by molar-refractivity contribution is -0.148. The smallest absolute Gasteiger partial charge is 0.341 e. The van der Waals surface area contributed by atoms with E-state index in [9.17, 15) is 19.5 Å². The number of hydrogen-bond acceptors (Lipinski definition) is 5. The fourth-order valence-corrected chi connectivity index (χ4v) is 7.37. The Kier molecular flexibility index (Phi) is 5.92. The molecule has 1 heterocycles. The maximum absolute atomic E-state index is 13.3. The van der Waals surface area contributed by atoms with Crippen LogP contribution in [-0.2, 0) is 27.2 Å². The highest BCUT2D eigenvalue weighted by atomic mass is 32.1. The molecule has 0 radical (unpaired) electrons. The first-order valence-corrected chi connectivity index (χ1v) is 12.3. The number of carboxylic acids is 1. The van der Waals surface area contributed by atoms with Gasteiger partial charge in [-0.25, -0.2) is 4.79 Å². The van der Waals surface area contributed by atoms with Crippen LogP contribution in [-0.4, -0.2) is 29.6 Å². The van der Waals surface area contributed by atoms with Gasteiger partial charge in [0, 0.05) is 4.88 Å². The van der Waals surface area contributed by atoms with Crippen LogP contribution in [0.25, 0.3) is 0 Å². The zero-order valence-electron chi connectivity index (χ0n) is 18.8. The molecular formula is C24H33NO5S. The first-order chi connectivity index (χ1) is 14.6. The third-order valence-electron chi connectivity index (χ3n) is 7.71. The monoisotopic (exact) mass is 447 g/mol. The number of nitrogens with one attached hydrogen (secondary N) is 1. The average molecular weight is 448 g/mol. The van der Waals surface area contributed by atoms with Gasteiger partial charge in [-0.05, 0) is 74.2 Å². The van der Waals surface area contributed by atoms with Crippen LogP contribution in [0.5, 0.6) is 0 Å². The molecule has 1 aromatic rings. The number of carboxylic acid groups (broad SMARTS) is 1. The second-order valence-electron chi connectivity index (χ2n) is 10.4. The maximum Gasteiger partial charge on any atom is 0.341 e. The molecule has 0 spiro atoms. The van der Waals surface area contributed by atoms with Crippen molar-refractivity contribution in [2.24, 2.45) is 35.0 Å². The molecule has 1 aromatic heterocycles. The lowest BCUT2D eigenvalue weighted by Crippen LogP contribution is -2.38. The van der Waals surface area contributed by atoms with Gasteiger partial charge in [-0.3, -0.25) is 9.59 Å². The van der Waals surface area contributed by atoms with Crippen LogP contribution in [0.2, 0.25) is 0 Å². The van der Waals surface area contributed by atoms with E-state index in [2.05, 4.69) is 26.1 Å². The Morgan fingerprint density at radius 1 is 1.13 bits per heavy atom. The highest BCUT2D eigenvalue weighted by Crippen LogP contribution is 2.53. The van der Waals surface area contributed by atoms with Crippen LogP contribution in [0.1, 0.15) is 74.2 Å². The third kappa shape index (κ3) is 4.01. The summed E-state index contributed by atoms with van der Waals surface area (Å²) >= 11 is 1.47. The molecule has 3 aliphatic carbocycles. The lowest BCUT2D eigenvalue weighted by atomic mass is 9.72. The number of thiophene rings is 1. The van der Waals surface area contributed by atoms with Crippen molar-refractivity contribution in [3.8, 4) is 0 Å². The second-order valence-corrected chi connectivity index (χ2v) is 11.6. The Bertz CT molecular complexity index is 899. The summed E-state index contributed by atoms with van der Waals surface area (Å²) in [5, 5.41) is 13.2. The van der Waals surface area contributed by atoms with E-state index in [1.807, 2.05) is 0 Å². The number of esters is 1. The molecule has 0 saturated heterocycles. The average Bonchev–Trinajstić information content (AvgIpc) is 3.38. The Balaban J connectivity index is 1.63. The van der Waals surface area contributed by atoms with Crippen molar-refractivity contribution in [1.82, 2.24) is 0 Å². The molecule has 31 heavy (non-hydrogen) atoms. The minimum atomic E-state index is -0.878. The number of anilines is 1. The molecule has 5 atom stereocenters. The van der Waals surface area contributed by atoms with E-state index in [0.717, 1.165) is 49.0 Å². The van der Waals surface area contributed by atoms with Crippen molar-refractivity contribution in [1.29, 1.82) is 0 Å². The second kappa shape index (κ2) is 8.23. The molecule has 0 aromatic carbocycles. The topological polar surface area (TPSA) is 92.7 Å². The minimum Gasteiger partial charge on any atom is -0.481 e. The minimum absolute atomic E-state index is 0.0897. The number of rotatable bonds is 5. The van der Waals surface area contributed by atoms with Gasteiger partial charge in [0.05, 0.1) is 24.0 Å². The van der Waals surface area contributed by atoms with Crippen molar-refractivity contribution < 1.29 is 24.2 Å². The number of ether oxygens (including phenoxy) is 1. The molecule has 6 nitrogen and oxygen atoms in total. The Morgan fingerprint density at radius 2 is 1.81 bits per heavy atom. The molecule has 2 N–H and O–H groups in total. The summed E-state index contributed by atoms with van der Waals surface area (Å²) in [5.74, 6) is -1.94. The summed E-state index contributed by atoms with van der Waals surface area (Å²) in [6.45, 7) is 8.78. The van der Waals surface area contributed by atoms with Gasteiger partial charge in [-0.15, -0.1) is 11.3 Å². The van der Waals surface area contributed by atoms with Gasteiger partial charge in [0.25, 0.3) is 0 Å². The quantitative estimate of drug-likeness (QED) is 0.635. The van der Waals surface area contributed by atoms with E-state index in [1.54, 1.807) is 6.92 Å². The summed E-state index contributed by atoms with van der Waals surface area (Å²) < 4.78 is 5.33. The van der Waals surface area contributed by atoms with E-state index < -0.39 is 23.8 Å². The predicted molar refractivity (Wildman–Crippen MR) is 119 cm³/mol. The van der Waals surface area contributed by atoms with Crippen LogP contribution in [0, 0.1) is 35.0 Å². The molecule has 170 valence electrons. The first-order valence-electron chi connectivity index (χ1n) is 11.5. The van der Waals surface area contributed by atoms with E-state index in [-0.39, 0.29) is 29.8 Å². The highest BCUT2D eigenvalue weighted by molar-refractivity contribution is 7.17. The van der Waals surface area contributed by atoms with E-state index in [0.29, 0.717) is 16.5 Å². The number of carbonyl (C=O) groups is 3. The molecule has 2 saturated carbocycles. The number of hydrogen-bond donors (Lipinski definition) is 2. The number of amides is 1. The Morgan fingerprint density at radius 3 is 2.42 bits per heavy atom. The van der Waals surface area contributed by atoms with Crippen molar-refractivity contribution in [2.75, 3.05) is 11.9 Å². The molecular weight excluding hydrogens is 414 g/mol. The van der Waals surface area contributed by atoms with Gasteiger partial charge >= 0.3 is 11.9 Å². The number of aliphatic carboxylic acids is 1. The summed E-state index contributed by atoms with van der Waals surface area (Å²) in [7, 11) is 0. The molecule has 3 aliphatic rings. The molecule has 2 fully saturated rings. The van der Waals surface area contributed by atoms with Crippen molar-refractivity contribution in [2.45, 2.75) is 66.2 Å². The van der Waals surface area contributed by atoms with Gasteiger partial charge in [0.15, 0.2) is 0 Å². The maximum atomic E-state index is 13.3. The summed E-state index contributed by atoms with van der Waals surface area (Å²) in [6, 6.07) is 0. The molecule has 5 unspecified atom stereocenters. The third-order valence-corrected chi connectivity index (χ3v) is 8.88. The van der Waals surface area contributed by atoms with Crippen LogP contribution >= 0.6 is 11.3 Å². The lowest BCUT2D eigenvalue weighted by Gasteiger charge is -2.33. The molecule has 0 aliphatic heterocycles. The van der Waals surface area contributed by atoms with Gasteiger partial charge in [-0.2, -0.15) is 0 Å². The molecule has 7 heteroatoms. The molecule has 4 rings (SSSR count). The van der Waals surface area contributed by atoms with E-state index in [4.69, 9.17) is 4.74 Å². The van der Waals surface area contributed by atoms with Crippen molar-refractivity contribution in [3.05, 3.63) is 16.0 Å². The standard InChI is InChI=1S/C24H33NO5S/c1-5-30-23(29)19-15-9-8-14(24(2,3)4)11-16(15)31-21(19)25-20(26)17-12-6-7-13(10-12)18(17)22(27)28/h12-14,17-18H,5-11H2,1-4H3,(H,25,26)(H,27,28). The first kappa shape index (κ1) is 22.3. The molecule has 2 bridgehead atoms. The highest BCUT2D eigenvalue weighted by Gasteiger charge is 2.54. The summed E-state index contributed by atoms with van der Waals surface area (Å²) in [6.07, 6.45) is 5.29. The fraction of sp³-hybridized carbons (Fsp3) is 0.708. The van der Waals surface area contributed by atoms with Crippen molar-refractivity contribution >= 4 is 34.2 Å². The SMILES string of the molecule is CCOC(=O)c1c(NC(=O)C2C3CCC(C3)C2C(=O)O)sc2c1CCC(C(C)(C)C)C2. The summed E-state index contributed by atoms with van der Waals surface area (Å²) in [5.41, 5.74) is 1.66. The van der Waals surface area contributed by atoms with Crippen LogP contribution in [0.4, 0.5) is 5.00 Å². The predicted octanol–water partition coefficient (Wildman–Crippen LogP) is 4.76. The van der Waals surface area contributed by atoms with Crippen LogP contribution < -0.4 is 5.32 Å². The Hall–Kier alpha value is -1.89. The van der Waals surface area contributed by atoms with Crippen LogP contribution in [0.3, 0.4) is 0 Å². The van der Waals surface area contributed by atoms with E-state index >= 15 is 0 Å². The normalized spacial score (nSPS) is 29.5. The molecule has 1 amide bonds. The van der Waals surface area contributed by atoms with Gasteiger partial charge in [-0.1, -0.05) is 20.8 Å². The van der Waals surface area contributed by atoms with Gasteiger partial charge < -0.3 is 15.2 Å². The van der Waals surface area contributed by atoms with Crippen LogP contribution in [0.15, 0.2) is 0 Å². The van der Waals surface area contributed by atoms with Gasteiger partial charge in [0.2, 0.25) is 5.91 Å². The van der Waals surface area contributed by atoms with Gasteiger partial charge in [0.1, 0.15) is 5.00 Å². The summed E-state index contributed by atoms with van der Waals surface area (Å²) in [4.78, 5) is 39.1. The number of fused-ring (bicyclic) bond motifs is 3. The Labute approximate surface area is 187 Å². The zero-order chi connectivity index (χ0) is 22.5. The van der Waals surface area contributed by atoms with E-state index in [1.165, 1.54) is 11.3 Å². The zero-order valence-corrected chi connectivity index (χ0v) is 19.6. The largest absolute Gasteiger partial charge is 0.481 e.